The lowest BCUT2D eigenvalue weighted by Gasteiger charge is -2.25. The number of aliphatic hydroxyl groups excluding tert-OH is 1. The topological polar surface area (TPSA) is 57.6 Å². The van der Waals surface area contributed by atoms with E-state index in [-0.39, 0.29) is 24.2 Å². The second-order valence-corrected chi connectivity index (χ2v) is 8.03. The first-order valence-electron chi connectivity index (χ1n) is 7.93. The van der Waals surface area contributed by atoms with Gasteiger partial charge in [-0.3, -0.25) is 0 Å². The van der Waals surface area contributed by atoms with Crippen molar-refractivity contribution in [2.75, 3.05) is 6.54 Å². The molecule has 0 aromatic heterocycles. The fourth-order valence-electron chi connectivity index (χ4n) is 2.68. The second-order valence-electron chi connectivity index (χ2n) is 6.11. The SMILES string of the molecule is O=S(=O)(Cc1ccccc1)N(CC(O)c1ccc(F)cc1)C1CC1. The van der Waals surface area contributed by atoms with Gasteiger partial charge in [0.1, 0.15) is 5.82 Å². The van der Waals surface area contributed by atoms with Crippen molar-refractivity contribution in [3.05, 3.63) is 71.5 Å². The van der Waals surface area contributed by atoms with Gasteiger partial charge in [0.05, 0.1) is 11.9 Å². The minimum atomic E-state index is -3.52. The van der Waals surface area contributed by atoms with Gasteiger partial charge in [-0.15, -0.1) is 0 Å². The molecule has 6 heteroatoms. The van der Waals surface area contributed by atoms with Crippen LogP contribution in [-0.2, 0) is 15.8 Å². The van der Waals surface area contributed by atoms with Crippen molar-refractivity contribution < 1.29 is 17.9 Å². The van der Waals surface area contributed by atoms with Gasteiger partial charge in [0.25, 0.3) is 0 Å². The van der Waals surface area contributed by atoms with Gasteiger partial charge in [0.15, 0.2) is 0 Å². The highest BCUT2D eigenvalue weighted by Crippen LogP contribution is 2.32. The highest BCUT2D eigenvalue weighted by molar-refractivity contribution is 7.88. The molecule has 24 heavy (non-hydrogen) atoms. The number of hydrogen-bond acceptors (Lipinski definition) is 3. The van der Waals surface area contributed by atoms with Gasteiger partial charge in [-0.05, 0) is 36.1 Å². The molecule has 1 aliphatic rings. The van der Waals surface area contributed by atoms with Crippen LogP contribution in [-0.4, -0.2) is 30.4 Å². The number of rotatable bonds is 7. The van der Waals surface area contributed by atoms with E-state index in [1.54, 1.807) is 24.3 Å². The summed E-state index contributed by atoms with van der Waals surface area (Å²) in [5, 5.41) is 10.4. The number of aliphatic hydroxyl groups is 1. The van der Waals surface area contributed by atoms with E-state index in [2.05, 4.69) is 0 Å². The molecule has 0 aliphatic heterocycles. The molecule has 1 saturated carbocycles. The summed E-state index contributed by atoms with van der Waals surface area (Å²) in [4.78, 5) is 0. The van der Waals surface area contributed by atoms with Crippen LogP contribution in [0.3, 0.4) is 0 Å². The summed E-state index contributed by atoms with van der Waals surface area (Å²) in [6, 6.07) is 14.4. The molecule has 4 nitrogen and oxygen atoms in total. The van der Waals surface area contributed by atoms with Crippen molar-refractivity contribution in [1.82, 2.24) is 4.31 Å². The molecule has 0 heterocycles. The maximum absolute atomic E-state index is 13.0. The van der Waals surface area contributed by atoms with Crippen molar-refractivity contribution in [2.45, 2.75) is 30.7 Å². The molecule has 0 bridgehead atoms. The summed E-state index contributed by atoms with van der Waals surface area (Å²) in [7, 11) is -3.52. The minimum Gasteiger partial charge on any atom is -0.387 e. The summed E-state index contributed by atoms with van der Waals surface area (Å²) in [5.74, 6) is -0.470. The van der Waals surface area contributed by atoms with E-state index in [4.69, 9.17) is 0 Å². The fraction of sp³-hybridized carbons (Fsp3) is 0.333. The Kier molecular flexibility index (Phi) is 4.99. The van der Waals surface area contributed by atoms with Crippen LogP contribution in [0.5, 0.6) is 0 Å². The first-order chi connectivity index (χ1) is 11.5. The molecule has 128 valence electrons. The summed E-state index contributed by atoms with van der Waals surface area (Å²) in [6.45, 7) is -0.00847. The van der Waals surface area contributed by atoms with Gasteiger partial charge in [-0.1, -0.05) is 42.5 Å². The van der Waals surface area contributed by atoms with Crippen LogP contribution in [0.2, 0.25) is 0 Å². The monoisotopic (exact) mass is 349 g/mol. The van der Waals surface area contributed by atoms with Crippen LogP contribution in [0, 0.1) is 5.82 Å². The van der Waals surface area contributed by atoms with Crippen LogP contribution in [0.4, 0.5) is 4.39 Å². The molecule has 3 rings (SSSR count). The van der Waals surface area contributed by atoms with E-state index >= 15 is 0 Å². The number of benzene rings is 2. The maximum atomic E-state index is 13.0. The predicted molar refractivity (Wildman–Crippen MR) is 90.2 cm³/mol. The largest absolute Gasteiger partial charge is 0.387 e. The third kappa shape index (κ3) is 4.20. The molecule has 0 saturated heterocycles. The Balaban J connectivity index is 1.75. The maximum Gasteiger partial charge on any atom is 0.218 e. The normalized spacial score (nSPS) is 16.3. The highest BCUT2D eigenvalue weighted by Gasteiger charge is 2.38. The van der Waals surface area contributed by atoms with Crippen LogP contribution in [0.15, 0.2) is 54.6 Å². The molecule has 1 unspecified atom stereocenters. The van der Waals surface area contributed by atoms with Gasteiger partial charge in [0.2, 0.25) is 10.0 Å². The van der Waals surface area contributed by atoms with Crippen LogP contribution >= 0.6 is 0 Å². The summed E-state index contributed by atoms with van der Waals surface area (Å²) in [6.07, 6.45) is 0.644. The van der Waals surface area contributed by atoms with Crippen LogP contribution < -0.4 is 0 Å². The van der Waals surface area contributed by atoms with Crippen molar-refractivity contribution >= 4 is 10.0 Å². The Morgan fingerprint density at radius 1 is 1.08 bits per heavy atom. The van der Waals surface area contributed by atoms with Gasteiger partial charge in [-0.25, -0.2) is 12.8 Å². The van der Waals surface area contributed by atoms with E-state index in [9.17, 15) is 17.9 Å². The Morgan fingerprint density at radius 3 is 2.29 bits per heavy atom. The molecule has 2 aromatic rings. The second kappa shape index (κ2) is 7.01. The number of halogens is 1. The Labute approximate surface area is 141 Å². The third-order valence-electron chi connectivity index (χ3n) is 4.11. The van der Waals surface area contributed by atoms with Crippen molar-refractivity contribution in [1.29, 1.82) is 0 Å². The van der Waals surface area contributed by atoms with E-state index < -0.39 is 16.1 Å². The average Bonchev–Trinajstić information content (AvgIpc) is 3.38. The number of sulfonamides is 1. The fourth-order valence-corrected chi connectivity index (χ4v) is 4.49. The smallest absolute Gasteiger partial charge is 0.218 e. The molecular formula is C18H20FNO3S. The van der Waals surface area contributed by atoms with Gasteiger partial charge in [-0.2, -0.15) is 4.31 Å². The lowest BCUT2D eigenvalue weighted by atomic mass is 10.1. The summed E-state index contributed by atoms with van der Waals surface area (Å²) >= 11 is 0. The first kappa shape index (κ1) is 17.1. The highest BCUT2D eigenvalue weighted by atomic mass is 32.2. The van der Waals surface area contributed by atoms with Crippen LogP contribution in [0.25, 0.3) is 0 Å². The van der Waals surface area contributed by atoms with Crippen molar-refractivity contribution in [2.24, 2.45) is 0 Å². The quantitative estimate of drug-likeness (QED) is 0.836. The summed E-state index contributed by atoms with van der Waals surface area (Å²) in [5.41, 5.74) is 1.23. The Hall–Kier alpha value is -1.76. The van der Waals surface area contributed by atoms with Gasteiger partial charge in [0, 0.05) is 12.6 Å². The lowest BCUT2D eigenvalue weighted by molar-refractivity contribution is 0.145. The molecule has 0 spiro atoms. The molecule has 1 aliphatic carbocycles. The number of nitrogens with zero attached hydrogens (tertiary/aromatic N) is 1. The van der Waals surface area contributed by atoms with Crippen molar-refractivity contribution in [3.63, 3.8) is 0 Å². The first-order valence-corrected chi connectivity index (χ1v) is 9.53. The summed E-state index contributed by atoms with van der Waals surface area (Å²) < 4.78 is 39.9. The zero-order chi connectivity index (χ0) is 17.2. The Bertz CT molecular complexity index is 774. The van der Waals surface area contributed by atoms with Gasteiger partial charge >= 0.3 is 0 Å². The van der Waals surface area contributed by atoms with E-state index in [0.29, 0.717) is 5.56 Å². The Morgan fingerprint density at radius 2 is 1.71 bits per heavy atom. The molecule has 1 atom stereocenters. The molecule has 0 radical (unpaired) electrons. The van der Waals surface area contributed by atoms with Gasteiger partial charge < -0.3 is 5.11 Å². The zero-order valence-electron chi connectivity index (χ0n) is 13.2. The lowest BCUT2D eigenvalue weighted by Crippen LogP contribution is -2.37. The zero-order valence-corrected chi connectivity index (χ0v) is 14.0. The van der Waals surface area contributed by atoms with Crippen LogP contribution in [0.1, 0.15) is 30.1 Å². The number of hydrogen-bond donors (Lipinski definition) is 1. The standard InChI is InChI=1S/C18H20FNO3S/c19-16-8-6-15(7-9-16)18(21)12-20(17-10-11-17)24(22,23)13-14-4-2-1-3-5-14/h1-9,17-18,21H,10-13H2. The molecule has 1 fully saturated rings. The average molecular weight is 349 g/mol. The van der Waals surface area contributed by atoms with E-state index in [1.807, 2.05) is 6.07 Å². The predicted octanol–water partition coefficient (Wildman–Crippen LogP) is 2.85. The molecule has 2 aromatic carbocycles. The minimum absolute atomic E-state index is 0.00847. The molecule has 0 amide bonds. The van der Waals surface area contributed by atoms with E-state index in [0.717, 1.165) is 18.4 Å². The molecule has 1 N–H and O–H groups in total. The molecular weight excluding hydrogens is 329 g/mol. The van der Waals surface area contributed by atoms with Crippen molar-refractivity contribution in [3.8, 4) is 0 Å². The van der Waals surface area contributed by atoms with E-state index in [1.165, 1.54) is 28.6 Å². The third-order valence-corrected chi connectivity index (χ3v) is 5.97.